The van der Waals surface area contributed by atoms with E-state index in [2.05, 4.69) is 5.32 Å². The van der Waals surface area contributed by atoms with Crippen LogP contribution in [-0.2, 0) is 4.79 Å². The van der Waals surface area contributed by atoms with Crippen LogP contribution < -0.4 is 5.32 Å². The van der Waals surface area contributed by atoms with E-state index in [0.717, 1.165) is 0 Å². The lowest BCUT2D eigenvalue weighted by Crippen LogP contribution is -2.07. The molecule has 4 nitrogen and oxygen atoms in total. The summed E-state index contributed by atoms with van der Waals surface area (Å²) < 4.78 is 0. The van der Waals surface area contributed by atoms with Crippen LogP contribution in [-0.4, -0.2) is 17.3 Å². The van der Waals surface area contributed by atoms with Gasteiger partial charge in [0, 0.05) is 12.6 Å². The fourth-order valence-corrected chi connectivity index (χ4v) is 1.13. The highest BCUT2D eigenvalue weighted by Gasteiger charge is 2.06. The lowest BCUT2D eigenvalue weighted by atomic mass is 10.1. The van der Waals surface area contributed by atoms with Gasteiger partial charge >= 0.3 is 0 Å². The van der Waals surface area contributed by atoms with Crippen LogP contribution in [0.4, 0.5) is 5.69 Å². The van der Waals surface area contributed by atoms with Gasteiger partial charge in [0.1, 0.15) is 5.75 Å². The van der Waals surface area contributed by atoms with E-state index in [1.165, 1.54) is 19.1 Å². The quantitative estimate of drug-likeness (QED) is 0.552. The Morgan fingerprint density at radius 3 is 2.64 bits per heavy atom. The van der Waals surface area contributed by atoms with Gasteiger partial charge in [-0.25, -0.2) is 0 Å². The molecule has 0 bridgehead atoms. The van der Waals surface area contributed by atoms with E-state index in [4.69, 9.17) is 0 Å². The lowest BCUT2D eigenvalue weighted by Gasteiger charge is -2.08. The predicted molar refractivity (Wildman–Crippen MR) is 52.5 cm³/mol. The highest BCUT2D eigenvalue weighted by molar-refractivity contribution is 5.91. The first-order chi connectivity index (χ1) is 6.54. The molecule has 1 aromatic rings. The van der Waals surface area contributed by atoms with E-state index in [1.807, 2.05) is 0 Å². The number of anilines is 1. The number of hydrogen-bond donors (Lipinski definition) is 2. The molecule has 0 aliphatic heterocycles. The number of hydrogen-bond acceptors (Lipinski definition) is 3. The second-order valence-corrected chi connectivity index (χ2v) is 3.02. The molecule has 1 amide bonds. The van der Waals surface area contributed by atoms with E-state index < -0.39 is 0 Å². The summed E-state index contributed by atoms with van der Waals surface area (Å²) in [6.07, 6.45) is 0.542. The second kappa shape index (κ2) is 3.91. The topological polar surface area (TPSA) is 66.4 Å². The summed E-state index contributed by atoms with van der Waals surface area (Å²) in [4.78, 5) is 21.3. The molecular formula is C10H11NO3. The molecule has 0 aromatic heterocycles. The van der Waals surface area contributed by atoms with Crippen LogP contribution in [0.2, 0.25) is 0 Å². The number of amides is 1. The number of nitrogens with one attached hydrogen (secondary N) is 1. The van der Waals surface area contributed by atoms with Gasteiger partial charge in [0.2, 0.25) is 5.91 Å². The molecule has 0 radical (unpaired) electrons. The van der Waals surface area contributed by atoms with Crippen molar-refractivity contribution in [3.8, 4) is 5.75 Å². The Bertz CT molecular complexity index is 385. The van der Waals surface area contributed by atoms with Crippen molar-refractivity contribution in [2.45, 2.75) is 13.8 Å². The normalized spacial score (nSPS) is 9.57. The van der Waals surface area contributed by atoms with Crippen LogP contribution in [0.25, 0.3) is 0 Å². The summed E-state index contributed by atoms with van der Waals surface area (Å²) in [5, 5.41) is 11.9. The van der Waals surface area contributed by atoms with E-state index in [-0.39, 0.29) is 17.2 Å². The van der Waals surface area contributed by atoms with Crippen molar-refractivity contribution in [1.29, 1.82) is 0 Å². The van der Waals surface area contributed by atoms with E-state index >= 15 is 0 Å². The second-order valence-electron chi connectivity index (χ2n) is 3.02. The first-order valence-corrected chi connectivity index (χ1v) is 4.11. The molecule has 1 rings (SSSR count). The smallest absolute Gasteiger partial charge is 0.221 e. The molecule has 0 fully saturated rings. The lowest BCUT2D eigenvalue weighted by molar-refractivity contribution is -0.114. The summed E-state index contributed by atoms with van der Waals surface area (Å²) in [6, 6.07) is 2.88. The summed E-state index contributed by atoms with van der Waals surface area (Å²) in [5.74, 6) is -0.290. The van der Waals surface area contributed by atoms with Gasteiger partial charge in [-0.2, -0.15) is 0 Å². The molecule has 1 aromatic carbocycles. The Kier molecular flexibility index (Phi) is 2.86. The predicted octanol–water partition coefficient (Wildman–Crippen LogP) is 1.47. The number of phenols is 1. The number of carbonyl (C=O) groups is 2. The molecule has 14 heavy (non-hydrogen) atoms. The van der Waals surface area contributed by atoms with Gasteiger partial charge in [-0.15, -0.1) is 0 Å². The standard InChI is InChI=1S/C10H11NO3/c1-6-3-10(14)8(5-12)4-9(6)11-7(2)13/h3-5,14H,1-2H3,(H,11,13). The molecule has 2 N–H and O–H groups in total. The maximum Gasteiger partial charge on any atom is 0.221 e. The maximum absolute atomic E-state index is 10.8. The highest BCUT2D eigenvalue weighted by Crippen LogP contribution is 2.24. The van der Waals surface area contributed by atoms with Gasteiger partial charge in [0.15, 0.2) is 6.29 Å². The largest absolute Gasteiger partial charge is 0.507 e. The first-order valence-electron chi connectivity index (χ1n) is 4.11. The zero-order valence-electron chi connectivity index (χ0n) is 8.00. The Balaban J connectivity index is 3.16. The molecule has 4 heteroatoms. The van der Waals surface area contributed by atoms with E-state index in [0.29, 0.717) is 17.5 Å². The van der Waals surface area contributed by atoms with Crippen molar-refractivity contribution < 1.29 is 14.7 Å². The van der Waals surface area contributed by atoms with Gasteiger partial charge in [-0.1, -0.05) is 0 Å². The SMILES string of the molecule is CC(=O)Nc1cc(C=O)c(O)cc1C. The van der Waals surface area contributed by atoms with Gasteiger partial charge in [0.05, 0.1) is 5.56 Å². The summed E-state index contributed by atoms with van der Waals surface area (Å²) in [7, 11) is 0. The summed E-state index contributed by atoms with van der Waals surface area (Å²) in [6.45, 7) is 3.12. The Morgan fingerprint density at radius 1 is 1.50 bits per heavy atom. The third-order valence-corrected chi connectivity index (χ3v) is 1.81. The van der Waals surface area contributed by atoms with Crippen molar-refractivity contribution in [3.63, 3.8) is 0 Å². The first kappa shape index (κ1) is 10.2. The molecule has 0 unspecified atom stereocenters. The Hall–Kier alpha value is -1.84. The van der Waals surface area contributed by atoms with Crippen molar-refractivity contribution in [3.05, 3.63) is 23.3 Å². The van der Waals surface area contributed by atoms with Crippen LogP contribution in [0.1, 0.15) is 22.8 Å². The zero-order chi connectivity index (χ0) is 10.7. The number of carbonyl (C=O) groups excluding carboxylic acids is 2. The van der Waals surface area contributed by atoms with Crippen LogP contribution in [0.15, 0.2) is 12.1 Å². The number of phenolic OH excluding ortho intramolecular Hbond substituents is 1. The monoisotopic (exact) mass is 193 g/mol. The zero-order valence-corrected chi connectivity index (χ0v) is 8.00. The van der Waals surface area contributed by atoms with Gasteiger partial charge < -0.3 is 10.4 Å². The van der Waals surface area contributed by atoms with Gasteiger partial charge in [0.25, 0.3) is 0 Å². The molecule has 0 aliphatic rings. The minimum Gasteiger partial charge on any atom is -0.507 e. The van der Waals surface area contributed by atoms with Crippen molar-refractivity contribution in [2.75, 3.05) is 5.32 Å². The molecule has 0 atom stereocenters. The third-order valence-electron chi connectivity index (χ3n) is 1.81. The van der Waals surface area contributed by atoms with Crippen LogP contribution >= 0.6 is 0 Å². The minimum absolute atomic E-state index is 0.0772. The number of aryl methyl sites for hydroxylation is 1. The Labute approximate surface area is 81.6 Å². The van der Waals surface area contributed by atoms with E-state index in [1.54, 1.807) is 6.92 Å². The van der Waals surface area contributed by atoms with Crippen LogP contribution in [0, 0.1) is 6.92 Å². The van der Waals surface area contributed by atoms with Crippen LogP contribution in [0.5, 0.6) is 5.75 Å². The number of benzene rings is 1. The number of aromatic hydroxyl groups is 1. The van der Waals surface area contributed by atoms with Crippen molar-refractivity contribution >= 4 is 17.9 Å². The van der Waals surface area contributed by atoms with E-state index in [9.17, 15) is 14.7 Å². The molecule has 0 saturated heterocycles. The van der Waals surface area contributed by atoms with Crippen LogP contribution in [0.3, 0.4) is 0 Å². The maximum atomic E-state index is 10.8. The van der Waals surface area contributed by atoms with Gasteiger partial charge in [-0.3, -0.25) is 9.59 Å². The Morgan fingerprint density at radius 2 is 2.14 bits per heavy atom. The number of rotatable bonds is 2. The average molecular weight is 193 g/mol. The van der Waals surface area contributed by atoms with Gasteiger partial charge in [-0.05, 0) is 24.6 Å². The minimum atomic E-state index is -0.212. The summed E-state index contributed by atoms with van der Waals surface area (Å²) in [5.41, 5.74) is 1.42. The average Bonchev–Trinajstić information content (AvgIpc) is 2.09. The summed E-state index contributed by atoms with van der Waals surface area (Å²) >= 11 is 0. The molecule has 0 saturated carbocycles. The van der Waals surface area contributed by atoms with Crippen molar-refractivity contribution in [1.82, 2.24) is 0 Å². The fourth-order valence-electron chi connectivity index (χ4n) is 1.13. The molecule has 74 valence electrons. The highest BCUT2D eigenvalue weighted by atomic mass is 16.3. The molecule has 0 spiro atoms. The fraction of sp³-hybridized carbons (Fsp3) is 0.200. The molecule has 0 aliphatic carbocycles. The van der Waals surface area contributed by atoms with Crippen molar-refractivity contribution in [2.24, 2.45) is 0 Å². The molecular weight excluding hydrogens is 182 g/mol. The molecule has 0 heterocycles. The number of aldehydes is 1. The third kappa shape index (κ3) is 2.10.